The SMILES string of the molecule is COCc1cc(Cl)cc(S(=O)(=O)Nc2cc(C(F)(F)F)ccn2)c1. The lowest BCUT2D eigenvalue weighted by Crippen LogP contribution is -2.15. The molecule has 1 heterocycles. The van der Waals surface area contributed by atoms with Gasteiger partial charge in [0.2, 0.25) is 0 Å². The van der Waals surface area contributed by atoms with Crippen molar-refractivity contribution in [1.29, 1.82) is 0 Å². The van der Waals surface area contributed by atoms with Gasteiger partial charge in [-0.2, -0.15) is 13.2 Å². The molecule has 0 bridgehead atoms. The van der Waals surface area contributed by atoms with Gasteiger partial charge in [0.15, 0.2) is 0 Å². The third-order valence-corrected chi connectivity index (χ3v) is 4.43. The fourth-order valence-corrected chi connectivity index (χ4v) is 3.30. The summed E-state index contributed by atoms with van der Waals surface area (Å²) >= 11 is 5.87. The number of ether oxygens (including phenoxy) is 1. The number of aromatic nitrogens is 1. The second-order valence-corrected chi connectivity index (χ2v) is 6.88. The first-order valence-corrected chi connectivity index (χ1v) is 8.32. The van der Waals surface area contributed by atoms with Crippen molar-refractivity contribution in [3.05, 3.63) is 52.7 Å². The summed E-state index contributed by atoms with van der Waals surface area (Å²) in [6, 6.07) is 5.36. The average Bonchev–Trinajstić information content (AvgIpc) is 2.46. The zero-order valence-electron chi connectivity index (χ0n) is 12.3. The molecule has 5 nitrogen and oxygen atoms in total. The lowest BCUT2D eigenvalue weighted by atomic mass is 10.2. The van der Waals surface area contributed by atoms with Gasteiger partial charge in [0.25, 0.3) is 10.0 Å². The number of hydrogen-bond acceptors (Lipinski definition) is 4. The Morgan fingerprint density at radius 3 is 2.58 bits per heavy atom. The highest BCUT2D eigenvalue weighted by Crippen LogP contribution is 2.30. The number of rotatable bonds is 5. The molecule has 1 aromatic heterocycles. The van der Waals surface area contributed by atoms with Crippen molar-refractivity contribution in [1.82, 2.24) is 4.98 Å². The molecule has 0 aliphatic carbocycles. The number of sulfonamides is 1. The van der Waals surface area contributed by atoms with Crippen molar-refractivity contribution in [3.63, 3.8) is 0 Å². The van der Waals surface area contributed by atoms with Gasteiger partial charge in [-0.25, -0.2) is 13.4 Å². The highest BCUT2D eigenvalue weighted by molar-refractivity contribution is 7.92. The highest BCUT2D eigenvalue weighted by atomic mass is 35.5. The van der Waals surface area contributed by atoms with Crippen molar-refractivity contribution in [2.45, 2.75) is 17.7 Å². The summed E-state index contributed by atoms with van der Waals surface area (Å²) in [7, 11) is -2.73. The van der Waals surface area contributed by atoms with Crippen LogP contribution in [0.15, 0.2) is 41.4 Å². The highest BCUT2D eigenvalue weighted by Gasteiger charge is 2.31. The molecule has 2 rings (SSSR count). The number of pyridine rings is 1. The lowest BCUT2D eigenvalue weighted by Gasteiger charge is -2.11. The van der Waals surface area contributed by atoms with Crippen LogP contribution in [-0.4, -0.2) is 20.5 Å². The molecule has 130 valence electrons. The smallest absolute Gasteiger partial charge is 0.380 e. The Morgan fingerprint density at radius 1 is 1.25 bits per heavy atom. The van der Waals surface area contributed by atoms with E-state index in [-0.39, 0.29) is 16.5 Å². The van der Waals surface area contributed by atoms with Crippen LogP contribution in [0.1, 0.15) is 11.1 Å². The molecule has 10 heteroatoms. The van der Waals surface area contributed by atoms with Crippen LogP contribution in [0.5, 0.6) is 0 Å². The van der Waals surface area contributed by atoms with Crippen LogP contribution in [0.2, 0.25) is 5.02 Å². The molecule has 1 N–H and O–H groups in total. The molecule has 0 fully saturated rings. The molecular formula is C14H12ClF3N2O3S. The van der Waals surface area contributed by atoms with Crippen LogP contribution in [-0.2, 0) is 27.5 Å². The van der Waals surface area contributed by atoms with Crippen molar-refractivity contribution >= 4 is 27.4 Å². The number of alkyl halides is 3. The summed E-state index contributed by atoms with van der Waals surface area (Å²) in [5.74, 6) is -0.446. The zero-order chi connectivity index (χ0) is 18.0. The predicted molar refractivity (Wildman–Crippen MR) is 82.2 cm³/mol. The van der Waals surface area contributed by atoms with E-state index in [4.69, 9.17) is 16.3 Å². The minimum absolute atomic E-state index is 0.130. The third-order valence-electron chi connectivity index (χ3n) is 2.88. The van der Waals surface area contributed by atoms with E-state index in [9.17, 15) is 21.6 Å². The van der Waals surface area contributed by atoms with E-state index < -0.39 is 27.6 Å². The van der Waals surface area contributed by atoms with E-state index in [1.54, 1.807) is 0 Å². The van der Waals surface area contributed by atoms with Crippen LogP contribution in [0.3, 0.4) is 0 Å². The normalized spacial score (nSPS) is 12.2. The molecule has 2 aromatic rings. The van der Waals surface area contributed by atoms with Crippen molar-refractivity contribution in [2.24, 2.45) is 0 Å². The molecule has 0 atom stereocenters. The second kappa shape index (κ2) is 6.96. The Balaban J connectivity index is 2.35. The maximum Gasteiger partial charge on any atom is 0.416 e. The van der Waals surface area contributed by atoms with E-state index in [1.165, 1.54) is 25.3 Å². The van der Waals surface area contributed by atoms with Gasteiger partial charge in [0, 0.05) is 18.3 Å². The number of hydrogen-bond donors (Lipinski definition) is 1. The number of anilines is 1. The fraction of sp³-hybridized carbons (Fsp3) is 0.214. The standard InChI is InChI=1S/C14H12ClF3N2O3S/c1-23-8-9-4-11(15)7-12(5-9)24(21,22)20-13-6-10(2-3-19-13)14(16,17)18/h2-7H,8H2,1H3,(H,19,20). The molecular weight excluding hydrogens is 369 g/mol. The van der Waals surface area contributed by atoms with Crippen LogP contribution >= 0.6 is 11.6 Å². The van der Waals surface area contributed by atoms with Crippen molar-refractivity contribution in [3.8, 4) is 0 Å². The summed E-state index contributed by atoms with van der Waals surface area (Å²) < 4.78 is 69.6. The van der Waals surface area contributed by atoms with Gasteiger partial charge in [0.1, 0.15) is 5.82 Å². The molecule has 24 heavy (non-hydrogen) atoms. The Labute approximate surface area is 141 Å². The molecule has 0 radical (unpaired) electrons. The second-order valence-electron chi connectivity index (χ2n) is 4.76. The Hall–Kier alpha value is -1.84. The molecule has 0 unspecified atom stereocenters. The van der Waals surface area contributed by atoms with Gasteiger partial charge in [-0.15, -0.1) is 0 Å². The van der Waals surface area contributed by atoms with Gasteiger partial charge >= 0.3 is 6.18 Å². The quantitative estimate of drug-likeness (QED) is 0.858. The first-order chi connectivity index (χ1) is 11.1. The van der Waals surface area contributed by atoms with Gasteiger partial charge in [0.05, 0.1) is 17.1 Å². The van der Waals surface area contributed by atoms with Crippen LogP contribution in [0, 0.1) is 0 Å². The Kier molecular flexibility index (Phi) is 5.36. The van der Waals surface area contributed by atoms with Crippen LogP contribution in [0.4, 0.5) is 19.0 Å². The monoisotopic (exact) mass is 380 g/mol. The first-order valence-electron chi connectivity index (χ1n) is 6.46. The topological polar surface area (TPSA) is 68.3 Å². The van der Waals surface area contributed by atoms with Crippen molar-refractivity contribution in [2.75, 3.05) is 11.8 Å². The van der Waals surface area contributed by atoms with E-state index in [0.29, 0.717) is 11.6 Å². The Morgan fingerprint density at radius 2 is 1.96 bits per heavy atom. The van der Waals surface area contributed by atoms with Crippen LogP contribution in [0.25, 0.3) is 0 Å². The minimum atomic E-state index is -4.61. The zero-order valence-corrected chi connectivity index (χ0v) is 13.8. The van der Waals surface area contributed by atoms with E-state index in [0.717, 1.165) is 12.3 Å². The van der Waals surface area contributed by atoms with Crippen LogP contribution < -0.4 is 4.72 Å². The number of methoxy groups -OCH3 is 1. The summed E-state index contributed by atoms with van der Waals surface area (Å²) in [5, 5.41) is 0.155. The molecule has 0 aliphatic heterocycles. The number of benzene rings is 1. The molecule has 0 saturated carbocycles. The van der Waals surface area contributed by atoms with E-state index in [1.807, 2.05) is 4.72 Å². The van der Waals surface area contributed by atoms with Crippen molar-refractivity contribution < 1.29 is 26.3 Å². The van der Waals surface area contributed by atoms with Gasteiger partial charge in [-0.1, -0.05) is 11.6 Å². The summed E-state index contributed by atoms with van der Waals surface area (Å²) in [4.78, 5) is 3.39. The first kappa shape index (κ1) is 18.5. The van der Waals surface area contributed by atoms with Gasteiger partial charge < -0.3 is 4.74 Å². The fourth-order valence-electron chi connectivity index (χ4n) is 1.89. The molecule has 0 aliphatic rings. The average molecular weight is 381 g/mol. The predicted octanol–water partition coefficient (Wildman–Crippen LogP) is 3.70. The minimum Gasteiger partial charge on any atom is -0.380 e. The number of nitrogens with zero attached hydrogens (tertiary/aromatic N) is 1. The maximum atomic E-state index is 12.7. The number of nitrogens with one attached hydrogen (secondary N) is 1. The molecule has 0 amide bonds. The summed E-state index contributed by atoms with van der Waals surface area (Å²) in [5.41, 5.74) is -0.510. The maximum absolute atomic E-state index is 12.7. The molecule has 1 aromatic carbocycles. The van der Waals surface area contributed by atoms with E-state index in [2.05, 4.69) is 4.98 Å². The largest absolute Gasteiger partial charge is 0.416 e. The van der Waals surface area contributed by atoms with Gasteiger partial charge in [-0.05, 0) is 35.9 Å². The molecule has 0 saturated heterocycles. The van der Waals surface area contributed by atoms with E-state index >= 15 is 0 Å². The summed E-state index contributed by atoms with van der Waals surface area (Å²) in [6.07, 6.45) is -3.74. The third kappa shape index (κ3) is 4.59. The summed E-state index contributed by atoms with van der Waals surface area (Å²) in [6.45, 7) is 0.130. The van der Waals surface area contributed by atoms with Gasteiger partial charge in [-0.3, -0.25) is 4.72 Å². The molecule has 0 spiro atoms. The Bertz CT molecular complexity index is 841. The lowest BCUT2D eigenvalue weighted by molar-refractivity contribution is -0.137. The number of halogens is 4.